The van der Waals surface area contributed by atoms with Crippen molar-refractivity contribution in [1.29, 1.82) is 0 Å². The van der Waals surface area contributed by atoms with Crippen molar-refractivity contribution in [2.45, 2.75) is 39.3 Å². The molecule has 1 aliphatic rings. The van der Waals surface area contributed by atoms with E-state index < -0.39 is 23.7 Å². The molecule has 6 nitrogen and oxygen atoms in total. The Bertz CT molecular complexity index is 342. The van der Waals surface area contributed by atoms with E-state index in [2.05, 4.69) is 0 Å². The van der Waals surface area contributed by atoms with E-state index in [1.807, 2.05) is 6.92 Å². The molecule has 0 N–H and O–H groups in total. The molecule has 0 radical (unpaired) electrons. The highest BCUT2D eigenvalue weighted by molar-refractivity contribution is 7.99. The third-order valence-corrected chi connectivity index (χ3v) is 3.47. The fourth-order valence-electron chi connectivity index (χ4n) is 1.58. The Morgan fingerprint density at radius 3 is 2.60 bits per heavy atom. The van der Waals surface area contributed by atoms with Gasteiger partial charge in [0.1, 0.15) is 18.2 Å². The molecule has 0 aliphatic carbocycles. The average Bonchev–Trinajstić information content (AvgIpc) is 2.81. The summed E-state index contributed by atoms with van der Waals surface area (Å²) in [7, 11) is 0. The van der Waals surface area contributed by atoms with Gasteiger partial charge in [-0.3, -0.25) is 4.90 Å². The van der Waals surface area contributed by atoms with Crippen LogP contribution < -0.4 is 0 Å². The zero-order valence-corrected chi connectivity index (χ0v) is 13.3. The molecule has 0 aromatic rings. The molecule has 7 heteroatoms. The van der Waals surface area contributed by atoms with Crippen LogP contribution in [0.4, 0.5) is 4.79 Å². The number of thioether (sulfide) groups is 1. The van der Waals surface area contributed by atoms with Crippen molar-refractivity contribution in [1.82, 2.24) is 4.90 Å². The SMILES string of the molecule is CCOCCOC(=O)[C@H]1CSCN1C(=O)OC(C)(C)C. The molecule has 1 rings (SSSR count). The van der Waals surface area contributed by atoms with Crippen LogP contribution in [0.5, 0.6) is 0 Å². The molecule has 0 unspecified atom stereocenters. The lowest BCUT2D eigenvalue weighted by atomic mass is 10.2. The van der Waals surface area contributed by atoms with E-state index in [9.17, 15) is 9.59 Å². The van der Waals surface area contributed by atoms with Gasteiger partial charge in [0, 0.05) is 12.4 Å². The molecule has 1 saturated heterocycles. The number of hydrogen-bond donors (Lipinski definition) is 0. The van der Waals surface area contributed by atoms with Crippen LogP contribution >= 0.6 is 11.8 Å². The first-order valence-electron chi connectivity index (χ1n) is 6.67. The number of hydrogen-bond acceptors (Lipinski definition) is 6. The Hall–Kier alpha value is -0.950. The average molecular weight is 305 g/mol. The topological polar surface area (TPSA) is 65.1 Å². The highest BCUT2D eigenvalue weighted by Gasteiger charge is 2.38. The van der Waals surface area contributed by atoms with Crippen LogP contribution in [-0.4, -0.2) is 60.1 Å². The van der Waals surface area contributed by atoms with Crippen molar-refractivity contribution in [2.75, 3.05) is 31.5 Å². The van der Waals surface area contributed by atoms with Crippen molar-refractivity contribution in [3.05, 3.63) is 0 Å². The van der Waals surface area contributed by atoms with Gasteiger partial charge in [-0.15, -0.1) is 11.8 Å². The van der Waals surface area contributed by atoms with Crippen LogP contribution in [0.1, 0.15) is 27.7 Å². The fourth-order valence-corrected chi connectivity index (χ4v) is 2.71. The maximum atomic E-state index is 12.0. The van der Waals surface area contributed by atoms with E-state index in [0.29, 0.717) is 24.8 Å². The predicted octanol–water partition coefficient (Wildman–Crippen LogP) is 1.88. The first kappa shape index (κ1) is 17.1. The summed E-state index contributed by atoms with van der Waals surface area (Å²) in [6, 6.07) is -0.573. The Kier molecular flexibility index (Phi) is 6.61. The van der Waals surface area contributed by atoms with Crippen LogP contribution in [0.2, 0.25) is 0 Å². The van der Waals surface area contributed by atoms with Crippen LogP contribution in [0.3, 0.4) is 0 Å². The second-order valence-corrected chi connectivity index (χ2v) is 6.33. The summed E-state index contributed by atoms with van der Waals surface area (Å²) in [6.45, 7) is 8.42. The van der Waals surface area contributed by atoms with Crippen LogP contribution in [0.25, 0.3) is 0 Å². The molecular formula is C13H23NO5S. The molecule has 0 spiro atoms. The standard InChI is InChI=1S/C13H23NO5S/c1-5-17-6-7-18-11(15)10-8-20-9-14(10)12(16)19-13(2,3)4/h10H,5-9H2,1-4H3/t10-/m1/s1. The minimum absolute atomic E-state index is 0.204. The van der Waals surface area contributed by atoms with Gasteiger partial charge in [0.25, 0.3) is 0 Å². The second kappa shape index (κ2) is 7.73. The van der Waals surface area contributed by atoms with Gasteiger partial charge in [-0.25, -0.2) is 9.59 Å². The van der Waals surface area contributed by atoms with Crippen molar-refractivity contribution in [2.24, 2.45) is 0 Å². The van der Waals surface area contributed by atoms with E-state index in [-0.39, 0.29) is 6.61 Å². The quantitative estimate of drug-likeness (QED) is 0.571. The first-order valence-corrected chi connectivity index (χ1v) is 7.82. The first-order chi connectivity index (χ1) is 9.35. The third-order valence-electron chi connectivity index (χ3n) is 2.46. The highest BCUT2D eigenvalue weighted by Crippen LogP contribution is 2.24. The Morgan fingerprint density at radius 1 is 1.30 bits per heavy atom. The number of esters is 1. The smallest absolute Gasteiger partial charge is 0.411 e. The van der Waals surface area contributed by atoms with Crippen LogP contribution in [0, 0.1) is 0 Å². The van der Waals surface area contributed by atoms with Gasteiger partial charge in [-0.1, -0.05) is 0 Å². The van der Waals surface area contributed by atoms with Gasteiger partial charge in [-0.05, 0) is 27.7 Å². The lowest BCUT2D eigenvalue weighted by molar-refractivity contribution is -0.149. The number of rotatable bonds is 5. The van der Waals surface area contributed by atoms with Gasteiger partial charge in [0.05, 0.1) is 12.5 Å². The van der Waals surface area contributed by atoms with Crippen molar-refractivity contribution in [3.63, 3.8) is 0 Å². The number of nitrogens with zero attached hydrogens (tertiary/aromatic N) is 1. The molecule has 0 aromatic heterocycles. The molecule has 1 amide bonds. The summed E-state index contributed by atoms with van der Waals surface area (Å²) in [5.41, 5.74) is -0.576. The molecule has 1 heterocycles. The van der Waals surface area contributed by atoms with Gasteiger partial charge < -0.3 is 14.2 Å². The maximum absolute atomic E-state index is 12.0. The number of ether oxygens (including phenoxy) is 3. The molecule has 1 aliphatic heterocycles. The number of carbonyl (C=O) groups is 2. The summed E-state index contributed by atoms with van der Waals surface area (Å²) in [6.07, 6.45) is -0.478. The Labute approximate surface area is 124 Å². The molecule has 1 fully saturated rings. The largest absolute Gasteiger partial charge is 0.462 e. The second-order valence-electron chi connectivity index (χ2n) is 5.33. The molecule has 0 bridgehead atoms. The van der Waals surface area contributed by atoms with Gasteiger partial charge in [0.2, 0.25) is 0 Å². The van der Waals surface area contributed by atoms with Gasteiger partial charge in [0.15, 0.2) is 0 Å². The van der Waals surface area contributed by atoms with Crippen molar-refractivity contribution in [3.8, 4) is 0 Å². The van der Waals surface area contributed by atoms with Gasteiger partial charge >= 0.3 is 12.1 Å². The predicted molar refractivity (Wildman–Crippen MR) is 76.6 cm³/mol. The maximum Gasteiger partial charge on any atom is 0.411 e. The summed E-state index contributed by atoms with van der Waals surface area (Å²) >= 11 is 1.51. The number of amides is 1. The summed E-state index contributed by atoms with van der Waals surface area (Å²) in [5.74, 6) is 0.577. The summed E-state index contributed by atoms with van der Waals surface area (Å²) in [4.78, 5) is 25.4. The van der Waals surface area contributed by atoms with Crippen molar-refractivity contribution >= 4 is 23.8 Å². The Morgan fingerprint density at radius 2 is 2.00 bits per heavy atom. The Balaban J connectivity index is 2.47. The highest BCUT2D eigenvalue weighted by atomic mass is 32.2. The molecule has 1 atom stereocenters. The van der Waals surface area contributed by atoms with Crippen LogP contribution in [0.15, 0.2) is 0 Å². The van der Waals surface area contributed by atoms with Gasteiger partial charge in [-0.2, -0.15) is 0 Å². The fraction of sp³-hybridized carbons (Fsp3) is 0.846. The molecule has 20 heavy (non-hydrogen) atoms. The van der Waals surface area contributed by atoms with E-state index in [1.165, 1.54) is 16.7 Å². The normalized spacial score (nSPS) is 19.0. The zero-order valence-electron chi connectivity index (χ0n) is 12.5. The lowest BCUT2D eigenvalue weighted by Crippen LogP contribution is -2.45. The minimum atomic E-state index is -0.576. The minimum Gasteiger partial charge on any atom is -0.462 e. The number of carbonyl (C=O) groups excluding carboxylic acids is 2. The molecule has 116 valence electrons. The lowest BCUT2D eigenvalue weighted by Gasteiger charge is -2.27. The van der Waals surface area contributed by atoms with E-state index in [1.54, 1.807) is 20.8 Å². The van der Waals surface area contributed by atoms with Crippen molar-refractivity contribution < 1.29 is 23.8 Å². The summed E-state index contributed by atoms with van der Waals surface area (Å²) < 4.78 is 15.5. The molecular weight excluding hydrogens is 282 g/mol. The third kappa shape index (κ3) is 5.58. The monoisotopic (exact) mass is 305 g/mol. The van der Waals surface area contributed by atoms with E-state index in [4.69, 9.17) is 14.2 Å². The zero-order chi connectivity index (χ0) is 15.2. The van der Waals surface area contributed by atoms with Crippen LogP contribution in [-0.2, 0) is 19.0 Å². The van der Waals surface area contributed by atoms with E-state index in [0.717, 1.165) is 0 Å². The summed E-state index contributed by atoms with van der Waals surface area (Å²) in [5, 5.41) is 0. The molecule has 0 aromatic carbocycles. The molecule has 0 saturated carbocycles. The van der Waals surface area contributed by atoms with E-state index >= 15 is 0 Å².